The number of hydrogen-bond acceptors (Lipinski definition) is 7. The molecule has 10 nitrogen and oxygen atoms in total. The summed E-state index contributed by atoms with van der Waals surface area (Å²) in [6, 6.07) is 7.73. The van der Waals surface area contributed by atoms with Crippen molar-refractivity contribution in [2.75, 3.05) is 36.5 Å². The molecule has 2 aromatic carbocycles. The highest BCUT2D eigenvalue weighted by Crippen LogP contribution is 2.30. The number of carbonyl (C=O) groups excluding carboxylic acids is 1. The van der Waals surface area contributed by atoms with E-state index in [2.05, 4.69) is 5.32 Å². The van der Waals surface area contributed by atoms with Gasteiger partial charge in [0.1, 0.15) is 17.0 Å². The number of carboxylic acids is 1. The smallest absolute Gasteiger partial charge is 0.339 e. The number of nitro benzene ring substituents is 1. The first-order valence-corrected chi connectivity index (χ1v) is 8.35. The van der Waals surface area contributed by atoms with E-state index >= 15 is 0 Å². The third-order valence-electron chi connectivity index (χ3n) is 4.27. The molecular weight excluding hydrogens is 370 g/mol. The zero-order chi connectivity index (χ0) is 20.3. The first-order chi connectivity index (χ1) is 13.4. The number of nitrogens with one attached hydrogen (secondary N) is 1. The molecule has 0 radical (unpaired) electrons. The highest BCUT2D eigenvalue weighted by molar-refractivity contribution is 6.05. The molecular formula is C18H17N3O7. The van der Waals surface area contributed by atoms with Gasteiger partial charge in [-0.2, -0.15) is 0 Å². The molecule has 0 saturated carbocycles. The predicted octanol–water partition coefficient (Wildman–Crippen LogP) is 2.09. The molecule has 0 atom stereocenters. The van der Waals surface area contributed by atoms with Crippen molar-refractivity contribution in [3.63, 3.8) is 0 Å². The van der Waals surface area contributed by atoms with Crippen LogP contribution in [0.25, 0.3) is 0 Å². The van der Waals surface area contributed by atoms with Crippen molar-refractivity contribution in [2.24, 2.45) is 0 Å². The van der Waals surface area contributed by atoms with E-state index < -0.39 is 22.5 Å². The van der Waals surface area contributed by atoms with Crippen LogP contribution >= 0.6 is 0 Å². The third kappa shape index (κ3) is 4.01. The van der Waals surface area contributed by atoms with Crippen LogP contribution in [0.1, 0.15) is 20.7 Å². The van der Waals surface area contributed by atoms with Gasteiger partial charge in [0.2, 0.25) is 0 Å². The number of nitro groups is 1. The van der Waals surface area contributed by atoms with E-state index in [1.165, 1.54) is 24.3 Å². The monoisotopic (exact) mass is 387 g/mol. The molecule has 1 fully saturated rings. The fraction of sp³-hybridized carbons (Fsp3) is 0.222. The number of anilines is 2. The zero-order valence-electron chi connectivity index (χ0n) is 14.6. The van der Waals surface area contributed by atoms with Crippen molar-refractivity contribution in [1.82, 2.24) is 0 Å². The van der Waals surface area contributed by atoms with Gasteiger partial charge >= 0.3 is 5.97 Å². The predicted molar refractivity (Wildman–Crippen MR) is 99.1 cm³/mol. The van der Waals surface area contributed by atoms with Crippen LogP contribution in [-0.2, 0) is 4.74 Å². The lowest BCUT2D eigenvalue weighted by Crippen LogP contribution is -2.36. The Bertz CT molecular complexity index is 939. The maximum absolute atomic E-state index is 12.5. The molecule has 10 heteroatoms. The summed E-state index contributed by atoms with van der Waals surface area (Å²) in [5.74, 6) is -2.42. The second-order valence-electron chi connectivity index (χ2n) is 6.05. The van der Waals surface area contributed by atoms with Gasteiger partial charge in [0, 0.05) is 30.4 Å². The summed E-state index contributed by atoms with van der Waals surface area (Å²) in [7, 11) is 0. The highest BCUT2D eigenvalue weighted by atomic mass is 16.6. The first kappa shape index (κ1) is 19.1. The van der Waals surface area contributed by atoms with Gasteiger partial charge in [0.25, 0.3) is 11.6 Å². The fourth-order valence-corrected chi connectivity index (χ4v) is 2.87. The number of carboxylic acid groups (broad SMARTS) is 1. The van der Waals surface area contributed by atoms with Crippen LogP contribution in [0.3, 0.4) is 0 Å². The van der Waals surface area contributed by atoms with Crippen molar-refractivity contribution in [3.8, 4) is 5.75 Å². The topological polar surface area (TPSA) is 142 Å². The molecule has 0 aromatic heterocycles. The van der Waals surface area contributed by atoms with E-state index in [1.54, 1.807) is 0 Å². The largest absolute Gasteiger partial charge is 0.507 e. The van der Waals surface area contributed by atoms with Gasteiger partial charge in [-0.3, -0.25) is 14.9 Å². The van der Waals surface area contributed by atoms with Crippen LogP contribution in [0.4, 0.5) is 17.1 Å². The summed E-state index contributed by atoms with van der Waals surface area (Å²) in [6.07, 6.45) is 0. The van der Waals surface area contributed by atoms with Crippen LogP contribution < -0.4 is 10.2 Å². The van der Waals surface area contributed by atoms with Crippen LogP contribution in [-0.4, -0.2) is 53.3 Å². The van der Waals surface area contributed by atoms with Crippen molar-refractivity contribution in [3.05, 3.63) is 57.6 Å². The number of amides is 1. The molecule has 1 amide bonds. The average Bonchev–Trinajstić information content (AvgIpc) is 2.69. The molecule has 146 valence electrons. The number of benzene rings is 2. The molecule has 0 unspecified atom stereocenters. The minimum absolute atomic E-state index is 0.0497. The van der Waals surface area contributed by atoms with Crippen LogP contribution in [0.15, 0.2) is 36.4 Å². The maximum Gasteiger partial charge on any atom is 0.339 e. The number of aromatic hydroxyl groups is 1. The lowest BCUT2D eigenvalue weighted by Gasteiger charge is -2.28. The Morgan fingerprint density at radius 1 is 1.14 bits per heavy atom. The number of hydrogen-bond donors (Lipinski definition) is 3. The average molecular weight is 387 g/mol. The summed E-state index contributed by atoms with van der Waals surface area (Å²) in [5.41, 5.74) is 0.0225. The molecule has 28 heavy (non-hydrogen) atoms. The SMILES string of the molecule is O=C(Nc1ccc(O)c(C(=O)O)c1)c1ccc(N2CCOCC2)c([N+](=O)[O-])c1. The molecule has 3 N–H and O–H groups in total. The van der Waals surface area contributed by atoms with Gasteiger partial charge in [0.15, 0.2) is 0 Å². The normalized spacial score (nSPS) is 13.8. The minimum atomic E-state index is -1.35. The highest BCUT2D eigenvalue weighted by Gasteiger charge is 2.23. The molecule has 1 heterocycles. The molecule has 0 aliphatic carbocycles. The number of aromatic carboxylic acids is 1. The fourth-order valence-electron chi connectivity index (χ4n) is 2.87. The van der Waals surface area contributed by atoms with Crippen molar-refractivity contribution < 1.29 is 29.5 Å². The zero-order valence-corrected chi connectivity index (χ0v) is 14.6. The van der Waals surface area contributed by atoms with Crippen LogP contribution in [0, 0.1) is 10.1 Å². The van der Waals surface area contributed by atoms with Crippen LogP contribution in [0.5, 0.6) is 5.75 Å². The summed E-state index contributed by atoms with van der Waals surface area (Å²) in [6.45, 7) is 1.95. The lowest BCUT2D eigenvalue weighted by atomic mass is 10.1. The van der Waals surface area contributed by atoms with Crippen molar-refractivity contribution >= 4 is 28.9 Å². The summed E-state index contributed by atoms with van der Waals surface area (Å²) >= 11 is 0. The Morgan fingerprint density at radius 3 is 2.50 bits per heavy atom. The third-order valence-corrected chi connectivity index (χ3v) is 4.27. The Hall–Kier alpha value is -3.66. The van der Waals surface area contributed by atoms with E-state index in [4.69, 9.17) is 9.84 Å². The maximum atomic E-state index is 12.5. The molecule has 3 rings (SSSR count). The van der Waals surface area contributed by atoms with Crippen molar-refractivity contribution in [2.45, 2.75) is 0 Å². The van der Waals surface area contributed by atoms with E-state index in [0.29, 0.717) is 32.0 Å². The summed E-state index contributed by atoms with van der Waals surface area (Å²) in [5, 5.41) is 32.5. The Morgan fingerprint density at radius 2 is 1.86 bits per heavy atom. The number of morpholine rings is 1. The van der Waals surface area contributed by atoms with E-state index in [-0.39, 0.29) is 22.5 Å². The summed E-state index contributed by atoms with van der Waals surface area (Å²) < 4.78 is 5.25. The van der Waals surface area contributed by atoms with Crippen LogP contribution in [0.2, 0.25) is 0 Å². The Labute approximate surface area is 159 Å². The van der Waals surface area contributed by atoms with E-state index in [9.17, 15) is 24.8 Å². The van der Waals surface area contributed by atoms with Gasteiger partial charge in [-0.25, -0.2) is 4.79 Å². The summed E-state index contributed by atoms with van der Waals surface area (Å²) in [4.78, 5) is 36.3. The first-order valence-electron chi connectivity index (χ1n) is 8.35. The number of rotatable bonds is 5. The molecule has 1 aliphatic heterocycles. The molecule has 0 spiro atoms. The molecule has 2 aromatic rings. The minimum Gasteiger partial charge on any atom is -0.507 e. The quantitative estimate of drug-likeness (QED) is 0.402. The van der Waals surface area contributed by atoms with Gasteiger partial charge in [-0.1, -0.05) is 0 Å². The van der Waals surface area contributed by atoms with Gasteiger partial charge in [-0.05, 0) is 30.3 Å². The number of nitrogens with zero attached hydrogens (tertiary/aromatic N) is 2. The number of carbonyl (C=O) groups is 2. The molecule has 1 saturated heterocycles. The number of phenols is 1. The second-order valence-corrected chi connectivity index (χ2v) is 6.05. The Balaban J connectivity index is 1.86. The molecule has 0 bridgehead atoms. The lowest BCUT2D eigenvalue weighted by molar-refractivity contribution is -0.384. The molecule has 1 aliphatic rings. The van der Waals surface area contributed by atoms with E-state index in [0.717, 1.165) is 12.1 Å². The number of ether oxygens (including phenoxy) is 1. The second kappa shape index (κ2) is 7.92. The van der Waals surface area contributed by atoms with Gasteiger partial charge in [-0.15, -0.1) is 0 Å². The van der Waals surface area contributed by atoms with Gasteiger partial charge in [0.05, 0.1) is 18.1 Å². The van der Waals surface area contributed by atoms with Crippen molar-refractivity contribution in [1.29, 1.82) is 0 Å². The van der Waals surface area contributed by atoms with E-state index in [1.807, 2.05) is 4.90 Å². The Kier molecular flexibility index (Phi) is 5.41. The van der Waals surface area contributed by atoms with Gasteiger partial charge < -0.3 is 25.2 Å². The standard InChI is InChI=1S/C18H17N3O7/c22-16-4-2-12(10-13(16)18(24)25)19-17(23)11-1-3-14(15(9-11)21(26)27)20-5-7-28-8-6-20/h1-4,9-10,22H,5-8H2,(H,19,23)(H,24,25).